The second-order valence-electron chi connectivity index (χ2n) is 9.26. The number of hydrazone groups is 1. The first kappa shape index (κ1) is 29.3. The third kappa shape index (κ3) is 6.33. The van der Waals surface area contributed by atoms with Crippen molar-refractivity contribution >= 4 is 88.4 Å². The zero-order valence-corrected chi connectivity index (χ0v) is 27.2. The fourth-order valence-corrected chi connectivity index (χ4v) is 6.34. The lowest BCUT2D eigenvalue weighted by molar-refractivity contribution is 0.0733. The normalized spacial score (nSPS) is 11.3. The third-order valence-corrected chi connectivity index (χ3v) is 8.21. The largest absolute Gasteiger partial charge is 0.421 e. The number of carbonyl (C=O) groups excluding carboxylic acids is 2. The fourth-order valence-electron chi connectivity index (χ4n) is 4.50. The van der Waals surface area contributed by atoms with Crippen molar-refractivity contribution in [3.05, 3.63) is 119 Å². The summed E-state index contributed by atoms with van der Waals surface area (Å²) in [6.45, 7) is 4.00. The maximum absolute atomic E-state index is 13.5. The maximum Gasteiger partial charge on any atom is 0.343 e. The molecule has 10 heteroatoms. The lowest BCUT2D eigenvalue weighted by Crippen LogP contribution is -2.19. The van der Waals surface area contributed by atoms with Crippen molar-refractivity contribution in [3.63, 3.8) is 0 Å². The van der Waals surface area contributed by atoms with Gasteiger partial charge in [-0.05, 0) is 83.9 Å². The first-order valence-electron chi connectivity index (χ1n) is 12.3. The van der Waals surface area contributed by atoms with E-state index in [4.69, 9.17) is 16.3 Å². The Labute approximate surface area is 266 Å². The van der Waals surface area contributed by atoms with Crippen molar-refractivity contribution in [2.24, 2.45) is 5.10 Å². The second-order valence-corrected chi connectivity index (χ2v) is 12.4. The van der Waals surface area contributed by atoms with Crippen LogP contribution in [0.5, 0.6) is 5.75 Å². The minimum Gasteiger partial charge on any atom is -0.421 e. The van der Waals surface area contributed by atoms with Crippen molar-refractivity contribution in [2.45, 2.75) is 13.8 Å². The molecule has 0 aliphatic rings. The molecule has 0 atom stereocenters. The molecule has 1 aromatic heterocycles. The van der Waals surface area contributed by atoms with E-state index in [1.165, 1.54) is 6.21 Å². The zero-order valence-electron chi connectivity index (χ0n) is 21.7. The van der Waals surface area contributed by atoms with Gasteiger partial charge in [-0.2, -0.15) is 5.10 Å². The monoisotopic (exact) mass is 755 g/mol. The highest BCUT2D eigenvalue weighted by molar-refractivity contribution is 9.11. The van der Waals surface area contributed by atoms with Crippen LogP contribution >= 0.6 is 59.4 Å². The predicted molar refractivity (Wildman–Crippen MR) is 174 cm³/mol. The number of esters is 1. The van der Waals surface area contributed by atoms with Crippen molar-refractivity contribution in [1.29, 1.82) is 0 Å². The Morgan fingerprint density at radius 3 is 2.41 bits per heavy atom. The van der Waals surface area contributed by atoms with Crippen LogP contribution in [0.25, 0.3) is 22.0 Å². The minimum absolute atomic E-state index is 0.257. The molecule has 1 heterocycles. The molecule has 206 valence electrons. The quantitative estimate of drug-likeness (QED) is 0.0784. The number of aryl methyl sites for hydroxylation is 2. The number of nitrogens with zero attached hydrogens (tertiary/aromatic N) is 1. The number of rotatable bonds is 6. The van der Waals surface area contributed by atoms with Gasteiger partial charge in [-0.15, -0.1) is 0 Å². The van der Waals surface area contributed by atoms with Gasteiger partial charge in [-0.3, -0.25) is 4.79 Å². The molecule has 0 radical (unpaired) electrons. The molecule has 0 fully saturated rings. The van der Waals surface area contributed by atoms with Gasteiger partial charge in [-0.1, -0.05) is 73.3 Å². The smallest absolute Gasteiger partial charge is 0.343 e. The van der Waals surface area contributed by atoms with Crippen LogP contribution in [0.2, 0.25) is 5.02 Å². The molecule has 5 rings (SSSR count). The van der Waals surface area contributed by atoms with E-state index in [2.05, 4.69) is 69.4 Å². The van der Waals surface area contributed by atoms with Crippen molar-refractivity contribution < 1.29 is 14.3 Å². The van der Waals surface area contributed by atoms with Gasteiger partial charge < -0.3 is 9.72 Å². The summed E-state index contributed by atoms with van der Waals surface area (Å²) in [5, 5.41) is 5.62. The summed E-state index contributed by atoms with van der Waals surface area (Å²) in [7, 11) is 0. The van der Waals surface area contributed by atoms with E-state index in [-0.39, 0.29) is 5.75 Å². The van der Waals surface area contributed by atoms with Crippen LogP contribution in [0.4, 0.5) is 0 Å². The van der Waals surface area contributed by atoms with Crippen LogP contribution in [0.1, 0.15) is 37.5 Å². The summed E-state index contributed by atoms with van der Waals surface area (Å²) in [6, 6.07) is 21.8. The van der Waals surface area contributed by atoms with Crippen molar-refractivity contribution in [3.8, 4) is 16.9 Å². The van der Waals surface area contributed by atoms with E-state index in [0.29, 0.717) is 31.9 Å². The van der Waals surface area contributed by atoms with E-state index in [9.17, 15) is 9.59 Å². The van der Waals surface area contributed by atoms with Crippen molar-refractivity contribution in [2.75, 3.05) is 0 Å². The van der Waals surface area contributed by atoms with Gasteiger partial charge in [-0.25, -0.2) is 10.2 Å². The highest BCUT2D eigenvalue weighted by Gasteiger charge is 2.22. The number of amides is 1. The fraction of sp³-hybridized carbons (Fsp3) is 0.0645. The third-order valence-electron chi connectivity index (χ3n) is 6.30. The number of hydrogen-bond acceptors (Lipinski definition) is 4. The molecular weight excluding hydrogens is 738 g/mol. The van der Waals surface area contributed by atoms with Crippen molar-refractivity contribution in [1.82, 2.24) is 10.4 Å². The molecule has 1 amide bonds. The highest BCUT2D eigenvalue weighted by atomic mass is 79.9. The topological polar surface area (TPSA) is 83.6 Å². The number of halogens is 4. The van der Waals surface area contributed by atoms with Gasteiger partial charge in [0.05, 0.1) is 16.3 Å². The average Bonchev–Trinajstić information content (AvgIpc) is 3.30. The summed E-state index contributed by atoms with van der Waals surface area (Å²) < 4.78 is 7.81. The number of nitrogens with one attached hydrogen (secondary N) is 2. The Balaban J connectivity index is 1.47. The summed E-state index contributed by atoms with van der Waals surface area (Å²) in [6.07, 6.45) is 1.42. The first-order chi connectivity index (χ1) is 19.6. The van der Waals surface area contributed by atoms with E-state index >= 15 is 0 Å². The number of ether oxygens (including phenoxy) is 1. The van der Waals surface area contributed by atoms with Gasteiger partial charge in [0.2, 0.25) is 0 Å². The van der Waals surface area contributed by atoms with Gasteiger partial charge in [0.15, 0.2) is 5.75 Å². The molecule has 6 nitrogen and oxygen atoms in total. The second kappa shape index (κ2) is 12.3. The summed E-state index contributed by atoms with van der Waals surface area (Å²) in [5.41, 5.74) is 8.14. The molecule has 0 unspecified atom stereocenters. The van der Waals surface area contributed by atoms with Gasteiger partial charge in [0.1, 0.15) is 5.69 Å². The summed E-state index contributed by atoms with van der Waals surface area (Å²) in [4.78, 5) is 29.6. The van der Waals surface area contributed by atoms with E-state index in [0.717, 1.165) is 36.5 Å². The molecule has 0 bridgehead atoms. The molecule has 0 saturated carbocycles. The molecule has 0 saturated heterocycles. The summed E-state index contributed by atoms with van der Waals surface area (Å²) >= 11 is 16.8. The molecule has 0 aliphatic carbocycles. The van der Waals surface area contributed by atoms with E-state index in [1.54, 1.807) is 42.5 Å². The Hall–Kier alpha value is -3.24. The molecule has 0 spiro atoms. The van der Waals surface area contributed by atoms with Crippen LogP contribution in [0, 0.1) is 13.8 Å². The number of aromatic nitrogens is 1. The van der Waals surface area contributed by atoms with Crippen LogP contribution in [0.15, 0.2) is 91.3 Å². The van der Waals surface area contributed by atoms with Gasteiger partial charge in [0.25, 0.3) is 5.91 Å². The number of carbonyl (C=O) groups is 2. The molecule has 5 aromatic rings. The Morgan fingerprint density at radius 1 is 0.951 bits per heavy atom. The zero-order chi connectivity index (χ0) is 29.3. The molecule has 0 aliphatic heterocycles. The van der Waals surface area contributed by atoms with Crippen LogP contribution < -0.4 is 10.2 Å². The molecule has 41 heavy (non-hydrogen) atoms. The maximum atomic E-state index is 13.5. The van der Waals surface area contributed by atoms with Crippen LogP contribution in [-0.2, 0) is 0 Å². The lowest BCUT2D eigenvalue weighted by Gasteiger charge is -2.11. The van der Waals surface area contributed by atoms with E-state index in [1.807, 2.05) is 38.1 Å². The standard InChI is InChI=1S/C31H21Br3ClN3O3/c1-16-11-17(2)27-23(12-16)26(22-5-3-4-6-25(22)35)28(37-27)30(39)38-36-15-19-13-21(33)14-24(34)29(19)41-31(40)18-7-9-20(32)10-8-18/h3-15,37H,1-2H3,(H,38,39). The first-order valence-corrected chi connectivity index (χ1v) is 15.1. The predicted octanol–water partition coefficient (Wildman–Crippen LogP) is 9.38. The lowest BCUT2D eigenvalue weighted by atomic mass is 9.99. The van der Waals surface area contributed by atoms with Crippen LogP contribution in [0.3, 0.4) is 0 Å². The van der Waals surface area contributed by atoms with E-state index < -0.39 is 11.9 Å². The van der Waals surface area contributed by atoms with Gasteiger partial charge >= 0.3 is 5.97 Å². The van der Waals surface area contributed by atoms with Gasteiger partial charge in [0, 0.05) is 41.6 Å². The van der Waals surface area contributed by atoms with Crippen LogP contribution in [-0.4, -0.2) is 23.1 Å². The number of fused-ring (bicyclic) bond motifs is 1. The average molecular weight is 759 g/mol. The number of benzene rings is 4. The Morgan fingerprint density at radius 2 is 1.68 bits per heavy atom. The number of H-pyrrole nitrogens is 1. The molecule has 4 aromatic carbocycles. The highest BCUT2D eigenvalue weighted by Crippen LogP contribution is 2.38. The minimum atomic E-state index is -0.535. The Bertz CT molecular complexity index is 1850. The number of hydrogen-bond donors (Lipinski definition) is 2. The Kier molecular flexibility index (Phi) is 8.79. The molecule has 2 N–H and O–H groups in total. The molecular formula is C31H21Br3ClN3O3. The summed E-state index contributed by atoms with van der Waals surface area (Å²) in [5.74, 6) is -0.730. The number of aromatic amines is 1. The SMILES string of the molecule is Cc1cc(C)c2[nH]c(C(=O)NN=Cc3cc(Br)cc(Br)c3OC(=O)c3ccc(Br)cc3)c(-c3ccccc3Cl)c2c1.